The molecule has 474 valence electrons. The maximum atomic E-state index is 6.12. The van der Waals surface area contributed by atoms with Crippen LogP contribution in [0.15, 0.2) is 253 Å². The molecule has 0 fully saturated rings. The molecule has 0 radical (unpaired) electrons. The van der Waals surface area contributed by atoms with Gasteiger partial charge in [-0.05, 0) is 162 Å². The summed E-state index contributed by atoms with van der Waals surface area (Å²) in [5.74, 6) is 0. The van der Waals surface area contributed by atoms with Crippen LogP contribution in [-0.4, -0.2) is 0 Å². The van der Waals surface area contributed by atoms with Crippen molar-refractivity contribution in [3.05, 3.63) is 286 Å². The molecule has 0 aliphatic carbocycles. The summed E-state index contributed by atoms with van der Waals surface area (Å²) in [7, 11) is 0. The summed E-state index contributed by atoms with van der Waals surface area (Å²) in [6, 6.07) is 80.2. The van der Waals surface area contributed by atoms with Gasteiger partial charge in [-0.15, -0.1) is 0 Å². The molecule has 0 spiro atoms. The van der Waals surface area contributed by atoms with Crippen LogP contribution in [0, 0.1) is 69.2 Å². The van der Waals surface area contributed by atoms with E-state index < -0.39 is 0 Å². The van der Waals surface area contributed by atoms with E-state index >= 15 is 0 Å². The van der Waals surface area contributed by atoms with Crippen molar-refractivity contribution < 1.29 is 22.1 Å². The Morgan fingerprint density at radius 1 is 0.183 bits per heavy atom. The second kappa shape index (κ2) is 29.3. The first-order valence-corrected chi connectivity index (χ1v) is 29.8. The number of para-hydroxylation sites is 7. The van der Waals surface area contributed by atoms with Crippen molar-refractivity contribution in [2.24, 2.45) is 0 Å². The van der Waals surface area contributed by atoms with Crippen LogP contribution in [0.25, 0.3) is 132 Å². The number of rotatable bonds is 2. The third-order valence-corrected chi connectivity index (χ3v) is 16.4. The summed E-state index contributed by atoms with van der Waals surface area (Å²) in [6.07, 6.45) is 0. The van der Waals surface area contributed by atoms with Gasteiger partial charge in [-0.3, -0.25) is 0 Å². The molecule has 0 atom stereocenters. The molecule has 0 N–H and O–H groups in total. The predicted octanol–water partition coefficient (Wildman–Crippen LogP) is 28.2. The number of aryl methyl sites for hydroxylation is 10. The highest BCUT2D eigenvalue weighted by Gasteiger charge is 2.15. The number of furan rings is 5. The highest BCUT2D eigenvalue weighted by molar-refractivity contribution is 6.11. The second-order valence-corrected chi connectivity index (χ2v) is 23.5. The van der Waals surface area contributed by atoms with E-state index in [4.69, 9.17) is 22.1 Å². The van der Waals surface area contributed by atoms with Gasteiger partial charge >= 0.3 is 0 Å². The van der Waals surface area contributed by atoms with E-state index in [0.29, 0.717) is 0 Å². The van der Waals surface area contributed by atoms with Crippen molar-refractivity contribution in [3.8, 4) is 22.3 Å². The molecule has 0 aliphatic heterocycles. The van der Waals surface area contributed by atoms with Gasteiger partial charge in [0.15, 0.2) is 0 Å². The summed E-state index contributed by atoms with van der Waals surface area (Å²) < 4.78 is 29.6. The Labute approximate surface area is 550 Å². The molecule has 0 unspecified atom stereocenters. The Morgan fingerprint density at radius 2 is 0.527 bits per heavy atom. The zero-order valence-corrected chi connectivity index (χ0v) is 51.0. The van der Waals surface area contributed by atoms with Crippen LogP contribution in [0.2, 0.25) is 0 Å². The third kappa shape index (κ3) is 14.0. The zero-order valence-electron chi connectivity index (χ0n) is 51.0. The fourth-order valence-corrected chi connectivity index (χ4v) is 12.5. The first-order chi connectivity index (χ1) is 42.2. The van der Waals surface area contributed by atoms with Crippen LogP contribution >= 0.6 is 0 Å². The number of fused-ring (bicyclic) bond motifs is 15. The molecule has 5 heterocycles. The van der Waals surface area contributed by atoms with Gasteiger partial charge in [0.25, 0.3) is 0 Å². The SMILES string of the molecule is C.C.C.C.C.C.Cc1cc(C)c2oc3ccccc3c2c1.Cc1cc(C)cc(-c2ccc3oc4ccccc4c3c2)c1.Cc1cc(C)cc(-c2cccc3c2oc2ccccc23)c1.Cc1ccc2oc3c(C)cccc3c2c1.Cc1cccc2c1oc1c(C)cccc12. The summed E-state index contributed by atoms with van der Waals surface area (Å²) >= 11 is 0. The normalized spacial score (nSPS) is 10.6. The molecule has 0 bridgehead atoms. The van der Waals surface area contributed by atoms with Crippen LogP contribution in [0.5, 0.6) is 0 Å². The lowest BCUT2D eigenvalue weighted by molar-refractivity contribution is 0.662. The first kappa shape index (κ1) is 70.1. The lowest BCUT2D eigenvalue weighted by atomic mass is 9.99. The van der Waals surface area contributed by atoms with Crippen LogP contribution in [0.4, 0.5) is 0 Å². The molecule has 17 rings (SSSR count). The molecule has 0 aliphatic rings. The predicted molar refractivity (Wildman–Crippen MR) is 407 cm³/mol. The smallest absolute Gasteiger partial charge is 0.143 e. The van der Waals surface area contributed by atoms with E-state index in [-0.39, 0.29) is 44.6 Å². The molecule has 0 saturated carbocycles. The number of hydrogen-bond acceptors (Lipinski definition) is 5. The van der Waals surface area contributed by atoms with E-state index in [0.717, 1.165) is 61.4 Å². The molecule has 5 nitrogen and oxygen atoms in total. The van der Waals surface area contributed by atoms with Crippen LogP contribution in [0.3, 0.4) is 0 Å². The lowest BCUT2D eigenvalue weighted by Crippen LogP contribution is -1.83. The first-order valence-electron chi connectivity index (χ1n) is 29.8. The van der Waals surface area contributed by atoms with E-state index in [1.54, 1.807) is 0 Å². The average Bonchev–Trinajstić information content (AvgIpc) is 1.69. The fourth-order valence-electron chi connectivity index (χ4n) is 12.5. The Balaban J connectivity index is 0.000000163. The topological polar surface area (TPSA) is 65.7 Å². The minimum Gasteiger partial charge on any atom is -0.456 e. The summed E-state index contributed by atoms with van der Waals surface area (Å²) in [5, 5.41) is 12.0. The minimum absolute atomic E-state index is 0. The second-order valence-electron chi connectivity index (χ2n) is 23.5. The Hall–Kier alpha value is -10.4. The largest absolute Gasteiger partial charge is 0.456 e. The number of hydrogen-bond donors (Lipinski definition) is 0. The fraction of sp³-hybridized carbons (Fsp3) is 0.182. The molecule has 12 aromatic carbocycles. The third-order valence-electron chi connectivity index (χ3n) is 16.4. The standard InChI is InChI=1S/2C20H16O.3C14H12O.6CH4/c1-13-10-14(2)12-15(11-13)16-7-5-8-18-17-6-3-4-9-19(17)21-20(16)18;1-13-9-14(2)11-16(10-13)15-7-8-20-18(12-15)17-5-3-4-6-19(17)21-20;1-9-5-3-7-11-12-8-4-6-10(2)14(12)15-13(9)11;1-9-6-7-13-12(8-9)11-5-3-4-10(2)14(11)15-13;1-9-7-10(2)14-12(8-9)11-5-3-4-6-13(11)15-14;;;;;;/h2*3-12H,1-2H3;3*3-8H,1-2H3;6*1H4. The molecule has 0 amide bonds. The monoisotopic (exact) mass is 1230 g/mol. The van der Waals surface area contributed by atoms with Gasteiger partial charge < -0.3 is 22.1 Å². The van der Waals surface area contributed by atoms with Crippen LogP contribution in [0.1, 0.15) is 100 Å². The van der Waals surface area contributed by atoms with E-state index in [2.05, 4.69) is 257 Å². The van der Waals surface area contributed by atoms with Gasteiger partial charge in [-0.1, -0.05) is 254 Å². The quantitative estimate of drug-likeness (QED) is 0.173. The molecular weight excluding hydrogens is 1140 g/mol. The Kier molecular flexibility index (Phi) is 22.1. The summed E-state index contributed by atoms with van der Waals surface area (Å²) in [5.41, 5.74) is 27.2. The van der Waals surface area contributed by atoms with Crippen molar-refractivity contribution in [1.82, 2.24) is 0 Å². The lowest BCUT2D eigenvalue weighted by Gasteiger charge is -2.06. The Bertz CT molecular complexity index is 5300. The summed E-state index contributed by atoms with van der Waals surface area (Å²) in [4.78, 5) is 0. The zero-order chi connectivity index (χ0) is 60.0. The molecular formula is C88H92O5. The highest BCUT2D eigenvalue weighted by Crippen LogP contribution is 2.38. The van der Waals surface area contributed by atoms with E-state index in [1.807, 2.05) is 42.5 Å². The molecule has 5 heteroatoms. The van der Waals surface area contributed by atoms with Gasteiger partial charge in [-0.25, -0.2) is 0 Å². The number of benzene rings is 12. The Morgan fingerprint density at radius 3 is 1.06 bits per heavy atom. The average molecular weight is 1230 g/mol. The van der Waals surface area contributed by atoms with Gasteiger partial charge in [-0.2, -0.15) is 0 Å². The van der Waals surface area contributed by atoms with Gasteiger partial charge in [0.05, 0.1) is 0 Å². The minimum atomic E-state index is 0. The maximum absolute atomic E-state index is 6.12. The van der Waals surface area contributed by atoms with Crippen LogP contribution in [-0.2, 0) is 0 Å². The van der Waals surface area contributed by atoms with Crippen molar-refractivity contribution in [2.45, 2.75) is 114 Å². The van der Waals surface area contributed by atoms with Crippen molar-refractivity contribution >= 4 is 110 Å². The van der Waals surface area contributed by atoms with Crippen LogP contribution < -0.4 is 0 Å². The van der Waals surface area contributed by atoms with Crippen molar-refractivity contribution in [3.63, 3.8) is 0 Å². The molecule has 17 aromatic rings. The van der Waals surface area contributed by atoms with Gasteiger partial charge in [0.1, 0.15) is 55.8 Å². The maximum Gasteiger partial charge on any atom is 0.143 e. The highest BCUT2D eigenvalue weighted by atomic mass is 16.3. The van der Waals surface area contributed by atoms with Crippen molar-refractivity contribution in [2.75, 3.05) is 0 Å². The van der Waals surface area contributed by atoms with E-state index in [9.17, 15) is 0 Å². The molecule has 0 saturated heterocycles. The van der Waals surface area contributed by atoms with Gasteiger partial charge in [0.2, 0.25) is 0 Å². The van der Waals surface area contributed by atoms with E-state index in [1.165, 1.54) is 126 Å². The van der Waals surface area contributed by atoms with Gasteiger partial charge in [0, 0.05) is 59.4 Å². The van der Waals surface area contributed by atoms with Crippen molar-refractivity contribution in [1.29, 1.82) is 0 Å². The molecule has 5 aromatic heterocycles. The molecule has 93 heavy (non-hydrogen) atoms. The summed E-state index contributed by atoms with van der Waals surface area (Å²) in [6.45, 7) is 21.1.